The highest BCUT2D eigenvalue weighted by Crippen LogP contribution is 2.47. The number of para-hydroxylation sites is 4. The topological polar surface area (TPSA) is 16.3 Å². The lowest BCUT2D eigenvalue weighted by molar-refractivity contribution is 1.18. The van der Waals surface area contributed by atoms with Gasteiger partial charge in [-0.05, 0) is 205 Å². The van der Waals surface area contributed by atoms with Gasteiger partial charge in [-0.3, -0.25) is 0 Å². The molecule has 0 fully saturated rings. The van der Waals surface area contributed by atoms with Gasteiger partial charge >= 0.3 is 0 Å². The molecule has 0 amide bonds. The van der Waals surface area contributed by atoms with Crippen LogP contribution in [-0.4, -0.2) is 9.13 Å². The quantitative estimate of drug-likeness (QED) is 0.0959. The van der Waals surface area contributed by atoms with Gasteiger partial charge in [0.1, 0.15) is 0 Å². The molecular formula is C108H76N4. The maximum Gasteiger partial charge on any atom is 0.0541 e. The maximum absolute atomic E-state index is 2.40. The maximum atomic E-state index is 2.40. The molecule has 20 aromatic rings. The van der Waals surface area contributed by atoms with Crippen LogP contribution in [-0.2, 0) is 0 Å². The van der Waals surface area contributed by atoms with Gasteiger partial charge in [-0.25, -0.2) is 0 Å². The van der Waals surface area contributed by atoms with Crippen molar-refractivity contribution in [2.45, 2.75) is 0 Å². The van der Waals surface area contributed by atoms with Crippen LogP contribution in [0.25, 0.3) is 144 Å². The number of rotatable bonds is 16. The first-order valence-corrected chi connectivity index (χ1v) is 38.4. The summed E-state index contributed by atoms with van der Waals surface area (Å²) in [5, 5.41) is 5.06. The van der Waals surface area contributed by atoms with E-state index in [9.17, 15) is 0 Å². The van der Waals surface area contributed by atoms with Crippen LogP contribution >= 0.6 is 0 Å². The van der Waals surface area contributed by atoms with Crippen LogP contribution in [0.15, 0.2) is 461 Å². The second kappa shape index (κ2) is 30.4. The minimum Gasteiger partial charge on any atom is -0.310 e. The standard InChI is InChI=1S/2C54H38N2/c1-4-16-39(17-5-1)43-22-14-24-47(36-43)55(54-35-32-45(40-18-6-2-7-19-40)38-51(54)42-20-8-3-9-21-42)46-33-30-41(31-34-46)44-23-15-25-48(37-44)56-52-28-12-10-26-49(52)50-27-11-13-29-53(50)56;1-4-16-39(17-5-1)43-22-14-24-46(36-43)55(48-34-35-49(41-18-6-2-7-19-41)52(38-48)42-20-8-3-9-21-42)45-32-30-40(31-33-45)44-23-15-25-47(37-44)56-53-28-12-10-26-50(53)51-27-11-13-29-54(51)56/h2*1-38H. The monoisotopic (exact) mass is 1430 g/mol. The second-order valence-corrected chi connectivity index (χ2v) is 28.4. The van der Waals surface area contributed by atoms with Crippen molar-refractivity contribution < 1.29 is 0 Å². The van der Waals surface area contributed by atoms with E-state index in [4.69, 9.17) is 0 Å². The second-order valence-electron chi connectivity index (χ2n) is 28.4. The van der Waals surface area contributed by atoms with Crippen molar-refractivity contribution in [3.8, 4) is 100 Å². The van der Waals surface area contributed by atoms with E-state index in [-0.39, 0.29) is 0 Å². The number of hydrogen-bond donors (Lipinski definition) is 0. The Morgan fingerprint density at radius 1 is 0.143 bits per heavy atom. The fraction of sp³-hybridized carbons (Fsp3) is 0. The molecule has 0 saturated carbocycles. The summed E-state index contributed by atoms with van der Waals surface area (Å²) < 4.78 is 4.77. The van der Waals surface area contributed by atoms with E-state index < -0.39 is 0 Å². The molecule has 4 nitrogen and oxygen atoms in total. The fourth-order valence-electron chi connectivity index (χ4n) is 16.2. The average molecular weight is 1430 g/mol. The summed E-state index contributed by atoms with van der Waals surface area (Å²) in [5.74, 6) is 0. The van der Waals surface area contributed by atoms with E-state index in [1.165, 1.54) is 127 Å². The van der Waals surface area contributed by atoms with Crippen LogP contribution in [0.2, 0.25) is 0 Å². The van der Waals surface area contributed by atoms with Gasteiger partial charge in [0, 0.05) is 66.9 Å². The first-order chi connectivity index (χ1) is 55.6. The number of anilines is 6. The minimum atomic E-state index is 1.09. The average Bonchev–Trinajstić information content (AvgIpc) is 1.12. The van der Waals surface area contributed by atoms with Crippen LogP contribution in [0, 0.1) is 0 Å². The highest BCUT2D eigenvalue weighted by Gasteiger charge is 2.23. The van der Waals surface area contributed by atoms with Gasteiger partial charge in [0.15, 0.2) is 0 Å². The zero-order valence-corrected chi connectivity index (χ0v) is 61.7. The summed E-state index contributed by atoms with van der Waals surface area (Å²) in [6.45, 7) is 0. The van der Waals surface area contributed by atoms with Gasteiger partial charge in [0.05, 0.1) is 27.8 Å². The number of nitrogens with zero attached hydrogens (tertiary/aromatic N) is 4. The third-order valence-electron chi connectivity index (χ3n) is 21.6. The highest BCUT2D eigenvalue weighted by atomic mass is 15.1. The van der Waals surface area contributed by atoms with Crippen LogP contribution in [0.3, 0.4) is 0 Å². The SMILES string of the molecule is c1ccc(-c2cccc(N(c3ccc(-c4cccc(-n5c6ccccc6c6ccccc65)c4)cc3)c3ccc(-c4ccccc4)c(-c4ccccc4)c3)c2)cc1.c1ccc(-c2cccc(N(c3ccc(-c4cccc(-n5c6ccccc6c6ccccc65)c4)cc3)c3ccc(-c4ccccc4)cc3-c3ccccc3)c2)cc1. The van der Waals surface area contributed by atoms with E-state index in [0.717, 1.165) is 51.1 Å². The van der Waals surface area contributed by atoms with Crippen molar-refractivity contribution in [3.05, 3.63) is 461 Å². The smallest absolute Gasteiger partial charge is 0.0541 e. The van der Waals surface area contributed by atoms with E-state index in [0.29, 0.717) is 0 Å². The first kappa shape index (κ1) is 67.7. The summed E-state index contributed by atoms with van der Waals surface area (Å²) in [4.78, 5) is 4.79. The van der Waals surface area contributed by atoms with E-state index in [1.54, 1.807) is 0 Å². The molecule has 2 heterocycles. The van der Waals surface area contributed by atoms with Crippen LogP contribution < -0.4 is 9.80 Å². The van der Waals surface area contributed by atoms with Gasteiger partial charge < -0.3 is 18.9 Å². The van der Waals surface area contributed by atoms with Gasteiger partial charge in [-0.1, -0.05) is 340 Å². The predicted octanol–water partition coefficient (Wildman–Crippen LogP) is 29.8. The van der Waals surface area contributed by atoms with Crippen molar-refractivity contribution in [3.63, 3.8) is 0 Å². The summed E-state index contributed by atoms with van der Waals surface area (Å²) >= 11 is 0. The lowest BCUT2D eigenvalue weighted by atomic mass is 9.93. The zero-order chi connectivity index (χ0) is 74.5. The normalized spacial score (nSPS) is 11.2. The molecule has 18 aromatic carbocycles. The summed E-state index contributed by atoms with van der Waals surface area (Å²) in [6, 6.07) is 166. The van der Waals surface area contributed by atoms with Crippen molar-refractivity contribution >= 4 is 77.7 Å². The third kappa shape index (κ3) is 13.4. The Balaban J connectivity index is 0.000000151. The first-order valence-electron chi connectivity index (χ1n) is 38.4. The molecule has 0 saturated heterocycles. The Morgan fingerprint density at radius 3 is 0.830 bits per heavy atom. The van der Waals surface area contributed by atoms with E-state index in [1.807, 2.05) is 0 Å². The number of benzene rings is 18. The Morgan fingerprint density at radius 2 is 0.420 bits per heavy atom. The van der Waals surface area contributed by atoms with Gasteiger partial charge in [-0.15, -0.1) is 0 Å². The molecule has 2 aromatic heterocycles. The molecule has 0 aliphatic heterocycles. The molecule has 0 unspecified atom stereocenters. The molecule has 528 valence electrons. The van der Waals surface area contributed by atoms with Crippen LogP contribution in [0.4, 0.5) is 34.1 Å². The highest BCUT2D eigenvalue weighted by molar-refractivity contribution is 6.10. The van der Waals surface area contributed by atoms with Gasteiger partial charge in [0.2, 0.25) is 0 Å². The summed E-state index contributed by atoms with van der Waals surface area (Å²) in [6.07, 6.45) is 0. The minimum absolute atomic E-state index is 1.09. The molecule has 0 atom stereocenters. The molecule has 20 rings (SSSR count). The molecule has 0 spiro atoms. The van der Waals surface area contributed by atoms with Crippen LogP contribution in [0.5, 0.6) is 0 Å². The van der Waals surface area contributed by atoms with E-state index in [2.05, 4.69) is 480 Å². The molecule has 112 heavy (non-hydrogen) atoms. The largest absolute Gasteiger partial charge is 0.310 e. The molecule has 0 radical (unpaired) electrons. The molecule has 0 bridgehead atoms. The summed E-state index contributed by atoms with van der Waals surface area (Å²) in [5.41, 5.74) is 32.6. The Hall–Kier alpha value is -14.8. The Kier molecular flexibility index (Phi) is 18.4. The Bertz CT molecular complexity index is 6600. The zero-order valence-electron chi connectivity index (χ0n) is 61.7. The number of aromatic nitrogens is 2. The molecule has 4 heteroatoms. The Labute approximate surface area is 653 Å². The van der Waals surface area contributed by atoms with Gasteiger partial charge in [0.25, 0.3) is 0 Å². The number of hydrogen-bond acceptors (Lipinski definition) is 2. The van der Waals surface area contributed by atoms with Crippen LogP contribution in [0.1, 0.15) is 0 Å². The molecular weight excluding hydrogens is 1350 g/mol. The molecule has 0 aliphatic carbocycles. The van der Waals surface area contributed by atoms with E-state index >= 15 is 0 Å². The number of fused-ring (bicyclic) bond motifs is 6. The third-order valence-corrected chi connectivity index (χ3v) is 21.6. The lowest BCUT2D eigenvalue weighted by Gasteiger charge is -2.29. The molecule has 0 aliphatic rings. The van der Waals surface area contributed by atoms with Crippen molar-refractivity contribution in [1.29, 1.82) is 0 Å². The van der Waals surface area contributed by atoms with Crippen molar-refractivity contribution in [2.24, 2.45) is 0 Å². The van der Waals surface area contributed by atoms with Gasteiger partial charge in [-0.2, -0.15) is 0 Å². The lowest BCUT2D eigenvalue weighted by Crippen LogP contribution is -2.11. The predicted molar refractivity (Wildman–Crippen MR) is 474 cm³/mol. The summed E-state index contributed by atoms with van der Waals surface area (Å²) in [7, 11) is 0. The van der Waals surface area contributed by atoms with Crippen molar-refractivity contribution in [2.75, 3.05) is 9.80 Å². The van der Waals surface area contributed by atoms with Crippen molar-refractivity contribution in [1.82, 2.24) is 9.13 Å². The molecule has 0 N–H and O–H groups in total. The fourth-order valence-corrected chi connectivity index (χ4v) is 16.2.